The van der Waals surface area contributed by atoms with Gasteiger partial charge in [0, 0.05) is 44.9 Å². The van der Waals surface area contributed by atoms with E-state index in [9.17, 15) is 9.18 Å². The van der Waals surface area contributed by atoms with Gasteiger partial charge in [0.2, 0.25) is 0 Å². The number of aromatic nitrogens is 1. The lowest BCUT2D eigenvalue weighted by Gasteiger charge is -2.34. The van der Waals surface area contributed by atoms with Crippen molar-refractivity contribution < 1.29 is 18.7 Å². The first-order chi connectivity index (χ1) is 8.18. The molecule has 0 aromatic carbocycles. The average molecular weight is 239 g/mol. The molecule has 0 amide bonds. The zero-order valence-corrected chi connectivity index (χ0v) is 9.61. The van der Waals surface area contributed by atoms with Crippen molar-refractivity contribution in [3.63, 3.8) is 0 Å². The summed E-state index contributed by atoms with van der Waals surface area (Å²) in [5, 5.41) is 0. The number of ketones is 1. The Balaban J connectivity index is 2.28. The van der Waals surface area contributed by atoms with E-state index in [1.165, 1.54) is 19.4 Å². The van der Waals surface area contributed by atoms with E-state index < -0.39 is 11.4 Å². The number of ether oxygens (including phenoxy) is 2. The number of carbonyl (C=O) groups is 1. The molecule has 1 saturated heterocycles. The molecule has 0 atom stereocenters. The van der Waals surface area contributed by atoms with Gasteiger partial charge >= 0.3 is 0 Å². The molecule has 1 aromatic heterocycles. The monoisotopic (exact) mass is 239 g/mol. The molecule has 0 radical (unpaired) electrons. The van der Waals surface area contributed by atoms with E-state index in [4.69, 9.17) is 9.47 Å². The Hall–Kier alpha value is -1.33. The van der Waals surface area contributed by atoms with E-state index in [1.54, 1.807) is 0 Å². The number of rotatable bonds is 3. The summed E-state index contributed by atoms with van der Waals surface area (Å²) >= 11 is 0. The second-order valence-electron chi connectivity index (χ2n) is 4.03. The van der Waals surface area contributed by atoms with Gasteiger partial charge in [-0.25, -0.2) is 4.39 Å². The van der Waals surface area contributed by atoms with Gasteiger partial charge in [-0.15, -0.1) is 0 Å². The second-order valence-corrected chi connectivity index (χ2v) is 4.03. The number of methoxy groups -OCH3 is 1. The maximum Gasteiger partial charge on any atom is 0.196 e. The minimum atomic E-state index is -0.895. The first-order valence-corrected chi connectivity index (χ1v) is 5.46. The maximum atomic E-state index is 13.0. The summed E-state index contributed by atoms with van der Waals surface area (Å²) in [6, 6.07) is 1.19. The number of Topliss-reactive ketones (excluding diaryl/α,β-unsaturated/α-hetero) is 1. The zero-order chi connectivity index (χ0) is 12.3. The normalized spacial score (nSPS) is 18.9. The predicted molar refractivity (Wildman–Crippen MR) is 58.3 cm³/mol. The topological polar surface area (TPSA) is 48.4 Å². The third kappa shape index (κ3) is 2.35. The van der Waals surface area contributed by atoms with Gasteiger partial charge in [-0.2, -0.15) is 0 Å². The van der Waals surface area contributed by atoms with Gasteiger partial charge in [-0.3, -0.25) is 9.78 Å². The van der Waals surface area contributed by atoms with Crippen LogP contribution in [-0.4, -0.2) is 36.7 Å². The lowest BCUT2D eigenvalue weighted by atomic mass is 9.86. The van der Waals surface area contributed by atoms with Crippen LogP contribution in [0.1, 0.15) is 23.2 Å². The van der Waals surface area contributed by atoms with Crippen molar-refractivity contribution in [2.45, 2.75) is 18.4 Å². The van der Waals surface area contributed by atoms with Crippen LogP contribution < -0.4 is 0 Å². The summed E-state index contributed by atoms with van der Waals surface area (Å²) in [5.41, 5.74) is -0.651. The molecule has 92 valence electrons. The molecule has 0 bridgehead atoms. The summed E-state index contributed by atoms with van der Waals surface area (Å²) in [6.45, 7) is 0.949. The van der Waals surface area contributed by atoms with Crippen LogP contribution in [-0.2, 0) is 9.47 Å². The fourth-order valence-electron chi connectivity index (χ4n) is 2.02. The number of pyridine rings is 1. The molecule has 1 aliphatic rings. The second kappa shape index (κ2) is 4.89. The number of hydrogen-bond acceptors (Lipinski definition) is 4. The fraction of sp³-hybridized carbons (Fsp3) is 0.500. The third-order valence-electron chi connectivity index (χ3n) is 3.07. The highest BCUT2D eigenvalue weighted by Crippen LogP contribution is 2.28. The molecule has 0 aliphatic carbocycles. The van der Waals surface area contributed by atoms with Crippen LogP contribution in [0.5, 0.6) is 0 Å². The zero-order valence-electron chi connectivity index (χ0n) is 9.61. The van der Waals surface area contributed by atoms with Gasteiger partial charge in [0.15, 0.2) is 5.78 Å². The number of nitrogens with zero attached hydrogens (tertiary/aromatic N) is 1. The first kappa shape index (κ1) is 12.1. The summed E-state index contributed by atoms with van der Waals surface area (Å²) in [7, 11) is 1.50. The van der Waals surface area contributed by atoms with Gasteiger partial charge in [-0.1, -0.05) is 0 Å². The van der Waals surface area contributed by atoms with Gasteiger partial charge in [0.05, 0.1) is 6.20 Å². The summed E-state index contributed by atoms with van der Waals surface area (Å²) < 4.78 is 23.6. The lowest BCUT2D eigenvalue weighted by Crippen LogP contribution is -2.45. The van der Waals surface area contributed by atoms with Crippen LogP contribution in [0, 0.1) is 5.82 Å². The molecule has 0 N–H and O–H groups in total. The molecule has 0 saturated carbocycles. The summed E-state index contributed by atoms with van der Waals surface area (Å²) in [5.74, 6) is -0.746. The van der Waals surface area contributed by atoms with E-state index in [-0.39, 0.29) is 11.3 Å². The average Bonchev–Trinajstić information content (AvgIpc) is 2.38. The Bertz CT molecular complexity index is 416. The SMILES string of the molecule is COC1(C(=O)c2cncc(F)c2)CCOCC1. The van der Waals surface area contributed by atoms with E-state index in [1.807, 2.05) is 0 Å². The van der Waals surface area contributed by atoms with Crippen LogP contribution >= 0.6 is 0 Å². The van der Waals surface area contributed by atoms with Gasteiger partial charge < -0.3 is 9.47 Å². The standard InChI is InChI=1S/C12H14FNO3/c1-16-12(2-4-17-5-3-12)11(15)9-6-10(13)8-14-7-9/h6-8H,2-5H2,1H3. The van der Waals surface area contributed by atoms with Crippen molar-refractivity contribution in [1.82, 2.24) is 4.98 Å². The largest absolute Gasteiger partial charge is 0.381 e. The third-order valence-corrected chi connectivity index (χ3v) is 3.07. The predicted octanol–water partition coefficient (Wildman–Crippen LogP) is 1.60. The van der Waals surface area contributed by atoms with Gasteiger partial charge in [-0.05, 0) is 6.07 Å². The van der Waals surface area contributed by atoms with E-state index in [0.717, 1.165) is 6.20 Å². The number of halogens is 1. The van der Waals surface area contributed by atoms with Crippen molar-refractivity contribution in [1.29, 1.82) is 0 Å². The van der Waals surface area contributed by atoms with Crippen molar-refractivity contribution in [2.75, 3.05) is 20.3 Å². The summed E-state index contributed by atoms with van der Waals surface area (Å²) in [4.78, 5) is 16.0. The molecule has 2 rings (SSSR count). The Kier molecular flexibility index (Phi) is 3.49. The molecule has 17 heavy (non-hydrogen) atoms. The number of hydrogen-bond donors (Lipinski definition) is 0. The molecule has 2 heterocycles. The summed E-state index contributed by atoms with van der Waals surface area (Å²) in [6.07, 6.45) is 3.40. The van der Waals surface area contributed by atoms with Crippen LogP contribution in [0.15, 0.2) is 18.5 Å². The van der Waals surface area contributed by atoms with Crippen LogP contribution in [0.3, 0.4) is 0 Å². The highest BCUT2D eigenvalue weighted by molar-refractivity contribution is 6.02. The first-order valence-electron chi connectivity index (χ1n) is 5.46. The molecular formula is C12H14FNO3. The van der Waals surface area contributed by atoms with Crippen molar-refractivity contribution in [3.8, 4) is 0 Å². The van der Waals surface area contributed by atoms with Crippen molar-refractivity contribution in [2.24, 2.45) is 0 Å². The molecule has 1 aromatic rings. The fourth-order valence-corrected chi connectivity index (χ4v) is 2.02. The Morgan fingerprint density at radius 2 is 2.18 bits per heavy atom. The Morgan fingerprint density at radius 3 is 2.76 bits per heavy atom. The van der Waals surface area contributed by atoms with E-state index in [0.29, 0.717) is 26.1 Å². The molecular weight excluding hydrogens is 225 g/mol. The van der Waals surface area contributed by atoms with Crippen molar-refractivity contribution >= 4 is 5.78 Å². The highest BCUT2D eigenvalue weighted by Gasteiger charge is 2.40. The van der Waals surface area contributed by atoms with Gasteiger partial charge in [0.1, 0.15) is 11.4 Å². The van der Waals surface area contributed by atoms with Crippen molar-refractivity contribution in [3.05, 3.63) is 29.8 Å². The Labute approximate surface area is 98.8 Å². The van der Waals surface area contributed by atoms with Gasteiger partial charge in [0.25, 0.3) is 0 Å². The molecule has 4 nitrogen and oxygen atoms in total. The maximum absolute atomic E-state index is 13.0. The smallest absolute Gasteiger partial charge is 0.196 e. The van der Waals surface area contributed by atoms with Crippen LogP contribution in [0.4, 0.5) is 4.39 Å². The lowest BCUT2D eigenvalue weighted by molar-refractivity contribution is -0.0663. The molecule has 0 unspecified atom stereocenters. The van der Waals surface area contributed by atoms with Crippen LogP contribution in [0.2, 0.25) is 0 Å². The highest BCUT2D eigenvalue weighted by atomic mass is 19.1. The van der Waals surface area contributed by atoms with Crippen LogP contribution in [0.25, 0.3) is 0 Å². The molecule has 1 fully saturated rings. The minimum Gasteiger partial charge on any atom is -0.381 e. The molecule has 0 spiro atoms. The minimum absolute atomic E-state index is 0.227. The number of carbonyl (C=O) groups excluding carboxylic acids is 1. The Morgan fingerprint density at radius 1 is 1.47 bits per heavy atom. The van der Waals surface area contributed by atoms with E-state index >= 15 is 0 Å². The quantitative estimate of drug-likeness (QED) is 0.752. The molecule has 5 heteroatoms. The van der Waals surface area contributed by atoms with E-state index in [2.05, 4.69) is 4.98 Å². The molecule has 1 aliphatic heterocycles.